The van der Waals surface area contributed by atoms with Gasteiger partial charge in [0, 0.05) is 24.9 Å². The maximum Gasteiger partial charge on any atom is 0.229 e. The van der Waals surface area contributed by atoms with Gasteiger partial charge in [0.25, 0.3) is 0 Å². The smallest absolute Gasteiger partial charge is 0.229 e. The maximum atomic E-state index is 11.1. The number of amides is 2. The van der Waals surface area contributed by atoms with Gasteiger partial charge in [-0.3, -0.25) is 14.5 Å². The van der Waals surface area contributed by atoms with Gasteiger partial charge in [-0.2, -0.15) is 0 Å². The monoisotopic (exact) mass is 170 g/mol. The molecule has 0 bridgehead atoms. The van der Waals surface area contributed by atoms with E-state index in [2.05, 4.69) is 0 Å². The van der Waals surface area contributed by atoms with Crippen LogP contribution in [0.25, 0.3) is 0 Å². The van der Waals surface area contributed by atoms with Crippen molar-refractivity contribution < 1.29 is 9.59 Å². The van der Waals surface area contributed by atoms with Crippen molar-refractivity contribution in [3.8, 4) is 0 Å². The minimum absolute atomic E-state index is 0.0986. The number of carbonyl (C=O) groups excluding carboxylic acids is 2. The number of nitrogens with two attached hydrogens (primary N) is 1. The van der Waals surface area contributed by atoms with Crippen LogP contribution in [-0.2, 0) is 9.59 Å². The molecule has 0 aliphatic carbocycles. The van der Waals surface area contributed by atoms with E-state index in [1.165, 1.54) is 4.90 Å². The van der Waals surface area contributed by atoms with Crippen molar-refractivity contribution in [1.29, 1.82) is 0 Å². The fourth-order valence-corrected chi connectivity index (χ4v) is 1.21. The topological polar surface area (TPSA) is 63.4 Å². The summed E-state index contributed by atoms with van der Waals surface area (Å²) >= 11 is 0. The molecule has 0 saturated carbocycles. The third-order valence-electron chi connectivity index (χ3n) is 1.72. The number of carbonyl (C=O) groups is 2. The first kappa shape index (κ1) is 9.19. The minimum atomic E-state index is -0.490. The molecule has 1 aliphatic rings. The summed E-state index contributed by atoms with van der Waals surface area (Å²) in [5.74, 6) is -0.197. The van der Waals surface area contributed by atoms with Crippen molar-refractivity contribution in [2.24, 2.45) is 5.73 Å². The first-order valence-electron chi connectivity index (χ1n) is 4.02. The highest BCUT2D eigenvalue weighted by Gasteiger charge is 2.31. The Hall–Kier alpha value is -0.900. The minimum Gasteiger partial charge on any atom is -0.324 e. The molecule has 1 rings (SSSR count). The van der Waals surface area contributed by atoms with Crippen molar-refractivity contribution in [3.63, 3.8) is 0 Å². The molecule has 0 aromatic heterocycles. The van der Waals surface area contributed by atoms with Gasteiger partial charge in [0.1, 0.15) is 0 Å². The molecular formula is C8H14N2O2. The van der Waals surface area contributed by atoms with Crippen LogP contribution in [0.1, 0.15) is 26.7 Å². The lowest BCUT2D eigenvalue weighted by molar-refractivity contribution is -0.139. The zero-order valence-electron chi connectivity index (χ0n) is 7.46. The van der Waals surface area contributed by atoms with E-state index in [-0.39, 0.29) is 11.8 Å². The van der Waals surface area contributed by atoms with Gasteiger partial charge >= 0.3 is 0 Å². The highest BCUT2D eigenvalue weighted by Crippen LogP contribution is 2.14. The second kappa shape index (κ2) is 2.86. The van der Waals surface area contributed by atoms with E-state index in [0.717, 1.165) is 0 Å². The Bertz CT molecular complexity index is 202. The first-order valence-corrected chi connectivity index (χ1v) is 4.02. The SMILES string of the molecule is CC(C)(N)CN1C(=O)CCC1=O. The molecule has 68 valence electrons. The molecule has 0 unspecified atom stereocenters. The molecule has 0 radical (unpaired) electrons. The number of hydrogen-bond donors (Lipinski definition) is 1. The van der Waals surface area contributed by atoms with Crippen LogP contribution >= 0.6 is 0 Å². The first-order chi connectivity index (χ1) is 5.40. The quantitative estimate of drug-likeness (QED) is 0.587. The molecule has 0 aromatic carbocycles. The Morgan fingerprint density at radius 1 is 1.33 bits per heavy atom. The molecular weight excluding hydrogens is 156 g/mol. The van der Waals surface area contributed by atoms with E-state index >= 15 is 0 Å². The molecule has 1 fully saturated rings. The van der Waals surface area contributed by atoms with E-state index in [1.54, 1.807) is 13.8 Å². The van der Waals surface area contributed by atoms with Crippen molar-refractivity contribution in [2.75, 3.05) is 6.54 Å². The van der Waals surface area contributed by atoms with E-state index < -0.39 is 5.54 Å². The van der Waals surface area contributed by atoms with Gasteiger partial charge in [-0.05, 0) is 13.8 Å². The summed E-state index contributed by atoms with van der Waals surface area (Å²) in [7, 11) is 0. The molecule has 1 heterocycles. The summed E-state index contributed by atoms with van der Waals surface area (Å²) in [4.78, 5) is 23.5. The molecule has 0 atom stereocenters. The Morgan fingerprint density at radius 3 is 2.08 bits per heavy atom. The number of hydrogen-bond acceptors (Lipinski definition) is 3. The molecule has 2 N–H and O–H groups in total. The number of rotatable bonds is 2. The fourth-order valence-electron chi connectivity index (χ4n) is 1.21. The van der Waals surface area contributed by atoms with E-state index in [4.69, 9.17) is 5.73 Å². The lowest BCUT2D eigenvalue weighted by Gasteiger charge is -2.24. The molecule has 0 spiro atoms. The summed E-state index contributed by atoms with van der Waals surface area (Å²) in [6.45, 7) is 3.92. The summed E-state index contributed by atoms with van der Waals surface area (Å²) in [6.07, 6.45) is 0.684. The van der Waals surface area contributed by atoms with Gasteiger partial charge in [-0.15, -0.1) is 0 Å². The normalized spacial score (nSPS) is 19.1. The van der Waals surface area contributed by atoms with Crippen molar-refractivity contribution in [3.05, 3.63) is 0 Å². The third kappa shape index (κ3) is 2.04. The summed E-state index contributed by atoms with van der Waals surface area (Å²) in [5.41, 5.74) is 5.20. The predicted octanol–water partition coefficient (Wildman–Crippen LogP) is -0.127. The van der Waals surface area contributed by atoms with Crippen molar-refractivity contribution in [2.45, 2.75) is 32.2 Å². The van der Waals surface area contributed by atoms with Crippen LogP contribution in [0.3, 0.4) is 0 Å². The molecule has 1 aliphatic heterocycles. The zero-order valence-corrected chi connectivity index (χ0v) is 7.46. The van der Waals surface area contributed by atoms with E-state index in [0.29, 0.717) is 19.4 Å². The van der Waals surface area contributed by atoms with E-state index in [1.807, 2.05) is 0 Å². The third-order valence-corrected chi connectivity index (χ3v) is 1.72. The molecule has 1 saturated heterocycles. The number of imide groups is 1. The van der Waals surface area contributed by atoms with Crippen molar-refractivity contribution in [1.82, 2.24) is 4.90 Å². The van der Waals surface area contributed by atoms with Gasteiger partial charge < -0.3 is 5.73 Å². The molecule has 0 aromatic rings. The lowest BCUT2D eigenvalue weighted by atomic mass is 10.1. The van der Waals surface area contributed by atoms with Crippen molar-refractivity contribution >= 4 is 11.8 Å². The average molecular weight is 170 g/mol. The second-order valence-corrected chi connectivity index (χ2v) is 3.86. The van der Waals surface area contributed by atoms with Crippen LogP contribution in [0.2, 0.25) is 0 Å². The molecule has 4 heteroatoms. The number of nitrogens with zero attached hydrogens (tertiary/aromatic N) is 1. The van der Waals surface area contributed by atoms with Crippen LogP contribution in [0, 0.1) is 0 Å². The van der Waals surface area contributed by atoms with Gasteiger partial charge in [0.2, 0.25) is 11.8 Å². The van der Waals surface area contributed by atoms with Crippen LogP contribution in [-0.4, -0.2) is 28.8 Å². The van der Waals surface area contributed by atoms with Crippen LogP contribution in [0.15, 0.2) is 0 Å². The Morgan fingerprint density at radius 2 is 1.75 bits per heavy atom. The summed E-state index contributed by atoms with van der Waals surface area (Å²) < 4.78 is 0. The van der Waals surface area contributed by atoms with Gasteiger partial charge in [-0.25, -0.2) is 0 Å². The molecule has 4 nitrogen and oxygen atoms in total. The Labute approximate surface area is 71.7 Å². The second-order valence-electron chi connectivity index (χ2n) is 3.86. The Balaban J connectivity index is 2.62. The van der Waals surface area contributed by atoms with Gasteiger partial charge in [0.05, 0.1) is 0 Å². The largest absolute Gasteiger partial charge is 0.324 e. The maximum absolute atomic E-state index is 11.1. The Kier molecular flexibility index (Phi) is 2.19. The average Bonchev–Trinajstić information content (AvgIpc) is 2.16. The summed E-state index contributed by atoms with van der Waals surface area (Å²) in [6, 6.07) is 0. The predicted molar refractivity (Wildman–Crippen MR) is 44.2 cm³/mol. The van der Waals surface area contributed by atoms with E-state index in [9.17, 15) is 9.59 Å². The highest BCUT2D eigenvalue weighted by molar-refractivity contribution is 6.01. The lowest BCUT2D eigenvalue weighted by Crippen LogP contribution is -2.47. The standard InChI is InChI=1S/C8H14N2O2/c1-8(2,9)5-10-6(11)3-4-7(10)12/h3-5,9H2,1-2H3. The fraction of sp³-hybridized carbons (Fsp3) is 0.750. The van der Waals surface area contributed by atoms with Crippen LogP contribution in [0.5, 0.6) is 0 Å². The van der Waals surface area contributed by atoms with Crippen LogP contribution in [0.4, 0.5) is 0 Å². The highest BCUT2D eigenvalue weighted by atomic mass is 16.2. The number of likely N-dealkylation sites (tertiary alicyclic amines) is 1. The van der Waals surface area contributed by atoms with Gasteiger partial charge in [0.15, 0.2) is 0 Å². The van der Waals surface area contributed by atoms with Crippen LogP contribution < -0.4 is 5.73 Å². The molecule has 12 heavy (non-hydrogen) atoms. The summed E-state index contributed by atoms with van der Waals surface area (Å²) in [5, 5.41) is 0. The molecule has 2 amide bonds. The zero-order chi connectivity index (χ0) is 9.35. The van der Waals surface area contributed by atoms with Gasteiger partial charge in [-0.1, -0.05) is 0 Å².